The standard InChI is InChI=1S/C7H12INO/c8-6-4-7(10-6)2-1-3-9-5-7/h6,9H,1-5H2. The lowest BCUT2D eigenvalue weighted by atomic mass is 9.87. The molecule has 0 aliphatic carbocycles. The van der Waals surface area contributed by atoms with Gasteiger partial charge in [-0.05, 0) is 19.4 Å². The van der Waals surface area contributed by atoms with Crippen LogP contribution in [0.1, 0.15) is 19.3 Å². The second-order valence-corrected chi connectivity index (χ2v) is 4.58. The number of hydrogen-bond donors (Lipinski definition) is 1. The van der Waals surface area contributed by atoms with Gasteiger partial charge in [-0.1, -0.05) is 22.6 Å². The average Bonchev–Trinajstić information content (AvgIpc) is 1.87. The SMILES string of the molecule is IC1CC2(CCCNC2)O1. The highest BCUT2D eigenvalue weighted by atomic mass is 127. The van der Waals surface area contributed by atoms with E-state index in [2.05, 4.69) is 27.9 Å². The van der Waals surface area contributed by atoms with Crippen LogP contribution in [0.2, 0.25) is 0 Å². The van der Waals surface area contributed by atoms with Crippen molar-refractivity contribution >= 4 is 22.6 Å². The molecule has 2 heterocycles. The van der Waals surface area contributed by atoms with Crippen LogP contribution in [0.25, 0.3) is 0 Å². The summed E-state index contributed by atoms with van der Waals surface area (Å²) in [5, 5.41) is 3.37. The van der Waals surface area contributed by atoms with Crippen LogP contribution >= 0.6 is 22.6 Å². The minimum atomic E-state index is 0.254. The Morgan fingerprint density at radius 3 is 2.90 bits per heavy atom. The maximum Gasteiger partial charge on any atom is 0.112 e. The molecule has 0 radical (unpaired) electrons. The third-order valence-electron chi connectivity index (χ3n) is 2.34. The minimum absolute atomic E-state index is 0.254. The van der Waals surface area contributed by atoms with E-state index in [4.69, 9.17) is 4.74 Å². The van der Waals surface area contributed by atoms with Crippen molar-refractivity contribution in [3.63, 3.8) is 0 Å². The van der Waals surface area contributed by atoms with E-state index >= 15 is 0 Å². The quantitative estimate of drug-likeness (QED) is 0.519. The van der Waals surface area contributed by atoms with Crippen LogP contribution in [-0.2, 0) is 4.74 Å². The van der Waals surface area contributed by atoms with E-state index in [0.717, 1.165) is 6.54 Å². The van der Waals surface area contributed by atoms with Crippen molar-refractivity contribution < 1.29 is 4.74 Å². The lowest BCUT2D eigenvalue weighted by Crippen LogP contribution is -2.57. The van der Waals surface area contributed by atoms with Crippen LogP contribution in [0.15, 0.2) is 0 Å². The van der Waals surface area contributed by atoms with Crippen molar-refractivity contribution in [1.29, 1.82) is 0 Å². The van der Waals surface area contributed by atoms with Gasteiger partial charge < -0.3 is 10.1 Å². The van der Waals surface area contributed by atoms with Crippen molar-refractivity contribution in [1.82, 2.24) is 5.32 Å². The van der Waals surface area contributed by atoms with E-state index < -0.39 is 0 Å². The van der Waals surface area contributed by atoms with Crippen LogP contribution < -0.4 is 5.32 Å². The molecule has 0 aromatic heterocycles. The number of ether oxygens (including phenoxy) is 1. The summed E-state index contributed by atoms with van der Waals surface area (Å²) in [5.41, 5.74) is 0.254. The van der Waals surface area contributed by atoms with Crippen molar-refractivity contribution in [2.24, 2.45) is 0 Å². The Morgan fingerprint density at radius 2 is 2.40 bits per heavy atom. The molecule has 0 aromatic carbocycles. The van der Waals surface area contributed by atoms with Gasteiger partial charge in [0.15, 0.2) is 0 Å². The Bertz CT molecular complexity index is 118. The summed E-state index contributed by atoms with van der Waals surface area (Å²) in [6.07, 6.45) is 3.80. The molecular formula is C7H12INO. The molecule has 1 spiro atoms. The molecule has 10 heavy (non-hydrogen) atoms. The summed E-state index contributed by atoms with van der Waals surface area (Å²) in [4.78, 5) is 0. The van der Waals surface area contributed by atoms with Crippen molar-refractivity contribution in [2.45, 2.75) is 29.0 Å². The molecule has 2 atom stereocenters. The largest absolute Gasteiger partial charge is 0.360 e. The number of piperidine rings is 1. The maximum atomic E-state index is 5.69. The smallest absolute Gasteiger partial charge is 0.112 e. The second kappa shape index (κ2) is 2.60. The van der Waals surface area contributed by atoms with Gasteiger partial charge in [0, 0.05) is 13.0 Å². The average molecular weight is 253 g/mol. The van der Waals surface area contributed by atoms with E-state index in [0.29, 0.717) is 4.11 Å². The molecule has 58 valence electrons. The van der Waals surface area contributed by atoms with Crippen molar-refractivity contribution in [3.8, 4) is 0 Å². The number of rotatable bonds is 0. The fourth-order valence-electron chi connectivity index (χ4n) is 1.77. The first kappa shape index (κ1) is 7.31. The Hall–Kier alpha value is 0.650. The Morgan fingerprint density at radius 1 is 1.60 bits per heavy atom. The van der Waals surface area contributed by atoms with Crippen LogP contribution in [0.5, 0.6) is 0 Å². The molecule has 2 aliphatic rings. The van der Waals surface area contributed by atoms with Gasteiger partial charge in [-0.25, -0.2) is 0 Å². The topological polar surface area (TPSA) is 21.3 Å². The van der Waals surface area contributed by atoms with Gasteiger partial charge in [0.2, 0.25) is 0 Å². The molecule has 2 rings (SSSR count). The molecule has 3 heteroatoms. The zero-order chi connectivity index (χ0) is 7.03. The lowest BCUT2D eigenvalue weighted by molar-refractivity contribution is -0.166. The third-order valence-corrected chi connectivity index (χ3v) is 3.04. The van der Waals surface area contributed by atoms with Gasteiger partial charge in [0.1, 0.15) is 4.11 Å². The first-order valence-corrected chi connectivity index (χ1v) is 5.08. The van der Waals surface area contributed by atoms with E-state index in [1.165, 1.54) is 25.8 Å². The predicted octanol–water partition coefficient (Wildman–Crippen LogP) is 1.29. The Labute approximate surface area is 74.8 Å². The molecule has 0 amide bonds. The molecule has 2 unspecified atom stereocenters. The van der Waals surface area contributed by atoms with Crippen molar-refractivity contribution in [3.05, 3.63) is 0 Å². The Kier molecular flexibility index (Phi) is 1.90. The van der Waals surface area contributed by atoms with Crippen LogP contribution in [0.4, 0.5) is 0 Å². The monoisotopic (exact) mass is 253 g/mol. The number of halogens is 1. The molecule has 0 saturated carbocycles. The molecule has 2 nitrogen and oxygen atoms in total. The molecule has 1 N–H and O–H groups in total. The van der Waals surface area contributed by atoms with Gasteiger partial charge in [0.25, 0.3) is 0 Å². The van der Waals surface area contributed by atoms with Gasteiger partial charge in [-0.15, -0.1) is 0 Å². The van der Waals surface area contributed by atoms with E-state index in [9.17, 15) is 0 Å². The molecular weight excluding hydrogens is 241 g/mol. The number of alkyl halides is 1. The second-order valence-electron chi connectivity index (χ2n) is 3.20. The normalized spacial score (nSPS) is 47.1. The van der Waals surface area contributed by atoms with Gasteiger partial charge in [-0.3, -0.25) is 0 Å². The summed E-state index contributed by atoms with van der Waals surface area (Å²) >= 11 is 2.36. The summed E-state index contributed by atoms with van der Waals surface area (Å²) in [6.45, 7) is 2.25. The zero-order valence-corrected chi connectivity index (χ0v) is 8.06. The van der Waals surface area contributed by atoms with Crippen LogP contribution in [0, 0.1) is 0 Å². The molecule has 2 saturated heterocycles. The number of hydrogen-bond acceptors (Lipinski definition) is 2. The van der Waals surface area contributed by atoms with Crippen molar-refractivity contribution in [2.75, 3.05) is 13.1 Å². The zero-order valence-electron chi connectivity index (χ0n) is 5.90. The highest BCUT2D eigenvalue weighted by Gasteiger charge is 2.44. The summed E-state index contributed by atoms with van der Waals surface area (Å²) in [5.74, 6) is 0. The molecule has 2 aliphatic heterocycles. The highest BCUT2D eigenvalue weighted by molar-refractivity contribution is 14.1. The molecule has 2 fully saturated rings. The van der Waals surface area contributed by atoms with Gasteiger partial charge in [0.05, 0.1) is 5.60 Å². The molecule has 0 aromatic rings. The van der Waals surface area contributed by atoms with E-state index in [-0.39, 0.29) is 5.60 Å². The summed E-state index contributed by atoms with van der Waals surface area (Å²) in [6, 6.07) is 0. The van der Waals surface area contributed by atoms with Gasteiger partial charge in [-0.2, -0.15) is 0 Å². The Balaban J connectivity index is 1.90. The first-order chi connectivity index (χ1) is 4.81. The predicted molar refractivity (Wildman–Crippen MR) is 48.3 cm³/mol. The van der Waals surface area contributed by atoms with Gasteiger partial charge >= 0.3 is 0 Å². The first-order valence-electron chi connectivity index (χ1n) is 3.83. The van der Waals surface area contributed by atoms with E-state index in [1.54, 1.807) is 0 Å². The summed E-state index contributed by atoms with van der Waals surface area (Å²) < 4.78 is 6.18. The summed E-state index contributed by atoms with van der Waals surface area (Å²) in [7, 11) is 0. The fraction of sp³-hybridized carbons (Fsp3) is 1.00. The lowest BCUT2D eigenvalue weighted by Gasteiger charge is -2.48. The number of nitrogens with one attached hydrogen (secondary N) is 1. The highest BCUT2D eigenvalue weighted by Crippen LogP contribution is 2.40. The fourth-order valence-corrected chi connectivity index (χ4v) is 3.11. The third kappa shape index (κ3) is 1.19. The van der Waals surface area contributed by atoms with E-state index in [1.807, 2.05) is 0 Å². The molecule has 0 bridgehead atoms. The minimum Gasteiger partial charge on any atom is -0.360 e. The van der Waals surface area contributed by atoms with Crippen LogP contribution in [0.3, 0.4) is 0 Å². The van der Waals surface area contributed by atoms with Crippen LogP contribution in [-0.4, -0.2) is 22.8 Å². The maximum absolute atomic E-state index is 5.69.